The number of hydrogen-bond acceptors (Lipinski definition) is 3. The molecule has 38 heavy (non-hydrogen) atoms. The maximum atomic E-state index is 11.9. The monoisotopic (exact) mass is 505 g/mol. The van der Waals surface area contributed by atoms with Crippen LogP contribution in [0, 0.1) is 0 Å². The summed E-state index contributed by atoms with van der Waals surface area (Å²) in [5.41, 5.74) is 7.15. The summed E-state index contributed by atoms with van der Waals surface area (Å²) < 4.78 is 6.03. The van der Waals surface area contributed by atoms with E-state index in [2.05, 4.69) is 89.9 Å². The fraction of sp³-hybridized carbons (Fsp3) is 0.273. The lowest BCUT2D eigenvalue weighted by atomic mass is 9.88. The van der Waals surface area contributed by atoms with Crippen LogP contribution in [-0.4, -0.2) is 40.7 Å². The minimum Gasteiger partial charge on any atom is -0.494 e. The zero-order valence-corrected chi connectivity index (χ0v) is 22.0. The van der Waals surface area contributed by atoms with Crippen LogP contribution in [0.3, 0.4) is 0 Å². The molecule has 1 fully saturated rings. The molecule has 0 bridgehead atoms. The van der Waals surface area contributed by atoms with E-state index in [0.717, 1.165) is 67.4 Å². The van der Waals surface area contributed by atoms with E-state index in [1.165, 1.54) is 22.3 Å². The molecule has 1 aliphatic heterocycles. The molecular weight excluding hydrogens is 470 g/mol. The second-order valence-electron chi connectivity index (χ2n) is 9.69. The Hall–Kier alpha value is -4.12. The number of amides is 1. The Morgan fingerprint density at radius 2 is 1.76 bits per heavy atom. The van der Waals surface area contributed by atoms with Crippen LogP contribution in [0.4, 0.5) is 0 Å². The van der Waals surface area contributed by atoms with Gasteiger partial charge in [0.2, 0.25) is 5.91 Å². The van der Waals surface area contributed by atoms with Crippen molar-refractivity contribution < 1.29 is 9.53 Å². The molecule has 5 rings (SSSR count). The van der Waals surface area contributed by atoms with E-state index < -0.39 is 0 Å². The average Bonchev–Trinajstić information content (AvgIpc) is 3.39. The quantitative estimate of drug-likeness (QED) is 0.132. The van der Waals surface area contributed by atoms with Crippen molar-refractivity contribution in [3.05, 3.63) is 108 Å². The highest BCUT2D eigenvalue weighted by atomic mass is 16.5. The lowest BCUT2D eigenvalue weighted by Gasteiger charge is -2.29. The Balaban J connectivity index is 1.27. The summed E-state index contributed by atoms with van der Waals surface area (Å²) in [6, 6.07) is 25.6. The second-order valence-corrected chi connectivity index (χ2v) is 9.69. The topological polar surface area (TPSA) is 58.2 Å². The van der Waals surface area contributed by atoms with Crippen molar-refractivity contribution in [3.63, 3.8) is 0 Å². The summed E-state index contributed by atoms with van der Waals surface area (Å²) in [4.78, 5) is 13.7. The van der Waals surface area contributed by atoms with Crippen LogP contribution < -0.4 is 4.74 Å². The highest BCUT2D eigenvalue weighted by Gasteiger charge is 2.17. The molecule has 0 unspecified atom stereocenters. The normalized spacial score (nSPS) is 14.0. The van der Waals surface area contributed by atoms with Gasteiger partial charge in [-0.2, -0.15) is 5.10 Å². The number of carbonyl (C=O) groups is 1. The summed E-state index contributed by atoms with van der Waals surface area (Å²) >= 11 is 0. The number of rotatable bonds is 11. The molecule has 2 heterocycles. The summed E-state index contributed by atoms with van der Waals surface area (Å²) in [5, 5.41) is 8.36. The van der Waals surface area contributed by atoms with Gasteiger partial charge in [-0.25, -0.2) is 0 Å². The molecule has 5 nitrogen and oxygen atoms in total. The van der Waals surface area contributed by atoms with Crippen LogP contribution in [0.25, 0.3) is 22.0 Å². The molecule has 0 aliphatic carbocycles. The lowest BCUT2D eigenvalue weighted by Crippen LogP contribution is -2.41. The zero-order chi connectivity index (χ0) is 26.2. The largest absolute Gasteiger partial charge is 0.494 e. The smallest absolute Gasteiger partial charge is 0.246 e. The van der Waals surface area contributed by atoms with Crippen LogP contribution in [0.1, 0.15) is 55.7 Å². The number of aromatic amines is 1. The van der Waals surface area contributed by atoms with Crippen molar-refractivity contribution in [3.8, 4) is 5.75 Å². The fourth-order valence-electron chi connectivity index (χ4n) is 4.88. The standard InChI is InChI=1S/C33H35N3O2/c1-2-30(25-11-6-5-7-12-25)33(27-16-19-31-28(23-27)24-34-35-31)26-14-17-29(18-15-26)38-22-9-4-3-8-13-32(37)36-20-10-21-36/h5-8,11-19,23-24H,2-4,9-10,20-22H2,1H3,(H,34,35)/b13-8+,33-30+. The number of benzene rings is 3. The molecule has 0 spiro atoms. The predicted octanol–water partition coefficient (Wildman–Crippen LogP) is 7.27. The van der Waals surface area contributed by atoms with Gasteiger partial charge in [-0.05, 0) is 90.3 Å². The zero-order valence-electron chi connectivity index (χ0n) is 22.0. The summed E-state index contributed by atoms with van der Waals surface area (Å²) in [5.74, 6) is 1.02. The van der Waals surface area contributed by atoms with Crippen molar-refractivity contribution in [2.75, 3.05) is 19.7 Å². The Kier molecular flexibility index (Phi) is 8.34. The Bertz CT molecular complexity index is 1410. The fourth-order valence-corrected chi connectivity index (χ4v) is 4.88. The van der Waals surface area contributed by atoms with Gasteiger partial charge in [0, 0.05) is 18.5 Å². The highest BCUT2D eigenvalue weighted by Crippen LogP contribution is 2.36. The highest BCUT2D eigenvalue weighted by molar-refractivity contribution is 6.00. The number of allylic oxidation sites excluding steroid dienone is 2. The van der Waals surface area contributed by atoms with Gasteiger partial charge in [0.15, 0.2) is 0 Å². The number of unbranched alkanes of at least 4 members (excludes halogenated alkanes) is 2. The number of aromatic nitrogens is 2. The number of hydrogen-bond donors (Lipinski definition) is 1. The van der Waals surface area contributed by atoms with Crippen molar-refractivity contribution in [1.82, 2.24) is 15.1 Å². The minimum atomic E-state index is 0.143. The number of likely N-dealkylation sites (tertiary alicyclic amines) is 1. The van der Waals surface area contributed by atoms with E-state index in [-0.39, 0.29) is 5.91 Å². The lowest BCUT2D eigenvalue weighted by molar-refractivity contribution is -0.129. The van der Waals surface area contributed by atoms with Gasteiger partial charge in [0.25, 0.3) is 0 Å². The first-order valence-corrected chi connectivity index (χ1v) is 13.6. The van der Waals surface area contributed by atoms with Crippen molar-refractivity contribution in [2.24, 2.45) is 0 Å². The van der Waals surface area contributed by atoms with Gasteiger partial charge in [0.1, 0.15) is 5.75 Å². The molecule has 1 amide bonds. The average molecular weight is 506 g/mol. The Labute approximate surface area is 224 Å². The van der Waals surface area contributed by atoms with E-state index in [9.17, 15) is 4.79 Å². The van der Waals surface area contributed by atoms with E-state index >= 15 is 0 Å². The first-order valence-electron chi connectivity index (χ1n) is 13.6. The summed E-state index contributed by atoms with van der Waals surface area (Å²) in [6.07, 6.45) is 10.5. The van der Waals surface area contributed by atoms with Gasteiger partial charge in [-0.1, -0.05) is 61.5 Å². The van der Waals surface area contributed by atoms with Crippen LogP contribution in [0.2, 0.25) is 0 Å². The van der Waals surface area contributed by atoms with E-state index in [4.69, 9.17) is 4.74 Å². The first-order chi connectivity index (χ1) is 18.7. The molecule has 194 valence electrons. The molecule has 3 aromatic carbocycles. The van der Waals surface area contributed by atoms with Gasteiger partial charge >= 0.3 is 0 Å². The third kappa shape index (κ3) is 6.05. The molecular formula is C33H35N3O2. The molecule has 0 saturated carbocycles. The van der Waals surface area contributed by atoms with E-state index in [1.54, 1.807) is 6.08 Å². The van der Waals surface area contributed by atoms with Crippen LogP contribution in [0.15, 0.2) is 91.1 Å². The number of carbonyl (C=O) groups excluding carboxylic acids is 1. The van der Waals surface area contributed by atoms with Crippen LogP contribution in [0.5, 0.6) is 5.75 Å². The maximum absolute atomic E-state index is 11.9. The second kappa shape index (κ2) is 12.4. The number of nitrogens with zero attached hydrogens (tertiary/aromatic N) is 2. The minimum absolute atomic E-state index is 0.143. The van der Waals surface area contributed by atoms with Gasteiger partial charge in [-0.3, -0.25) is 9.89 Å². The van der Waals surface area contributed by atoms with Gasteiger partial charge < -0.3 is 9.64 Å². The van der Waals surface area contributed by atoms with Gasteiger partial charge in [0.05, 0.1) is 18.3 Å². The van der Waals surface area contributed by atoms with Crippen molar-refractivity contribution >= 4 is 28.0 Å². The van der Waals surface area contributed by atoms with Crippen molar-refractivity contribution in [2.45, 2.75) is 39.0 Å². The van der Waals surface area contributed by atoms with Crippen LogP contribution >= 0.6 is 0 Å². The SMILES string of the molecule is CC/C(=C(/c1ccc(OCCCC/C=C/C(=O)N2CCC2)cc1)c1ccc2[nH]ncc2c1)c1ccccc1. The first kappa shape index (κ1) is 25.5. The van der Waals surface area contributed by atoms with Crippen molar-refractivity contribution in [1.29, 1.82) is 0 Å². The van der Waals surface area contributed by atoms with Crippen LogP contribution in [-0.2, 0) is 4.79 Å². The van der Waals surface area contributed by atoms with Gasteiger partial charge in [-0.15, -0.1) is 0 Å². The molecule has 1 saturated heterocycles. The molecule has 1 N–H and O–H groups in total. The maximum Gasteiger partial charge on any atom is 0.246 e. The number of nitrogens with one attached hydrogen (secondary N) is 1. The summed E-state index contributed by atoms with van der Waals surface area (Å²) in [7, 11) is 0. The van der Waals surface area contributed by atoms with E-state index in [0.29, 0.717) is 6.61 Å². The number of fused-ring (bicyclic) bond motifs is 1. The third-order valence-corrected chi connectivity index (χ3v) is 7.11. The molecule has 5 heteroatoms. The Morgan fingerprint density at radius 3 is 2.50 bits per heavy atom. The van der Waals surface area contributed by atoms with E-state index in [1.807, 2.05) is 17.2 Å². The molecule has 4 aromatic rings. The molecule has 1 aromatic heterocycles. The molecule has 0 atom stereocenters. The number of ether oxygens (including phenoxy) is 1. The molecule has 1 aliphatic rings. The Morgan fingerprint density at radius 1 is 0.974 bits per heavy atom. The predicted molar refractivity (Wildman–Crippen MR) is 155 cm³/mol. The third-order valence-electron chi connectivity index (χ3n) is 7.11. The molecule has 0 radical (unpaired) electrons. The summed E-state index contributed by atoms with van der Waals surface area (Å²) in [6.45, 7) is 4.68. The number of H-pyrrole nitrogens is 1.